The molecule has 0 radical (unpaired) electrons. The van der Waals surface area contributed by atoms with Gasteiger partial charge in [-0.1, -0.05) is 53.7 Å². The van der Waals surface area contributed by atoms with Crippen molar-refractivity contribution in [3.05, 3.63) is 29.3 Å². The Hall–Kier alpha value is -0.980. The quantitative estimate of drug-likeness (QED) is 0.703. The van der Waals surface area contributed by atoms with Gasteiger partial charge in [-0.15, -0.1) is 0 Å². The molecule has 1 heterocycles. The summed E-state index contributed by atoms with van der Waals surface area (Å²) in [4.78, 5) is 0. The van der Waals surface area contributed by atoms with Crippen molar-refractivity contribution < 1.29 is 0 Å². The normalized spacial score (nSPS) is 20.2. The van der Waals surface area contributed by atoms with Crippen LogP contribution >= 0.6 is 0 Å². The molecule has 1 atom stereocenters. The van der Waals surface area contributed by atoms with E-state index in [1.807, 2.05) is 0 Å². The Balaban J connectivity index is 2.31. The summed E-state index contributed by atoms with van der Waals surface area (Å²) in [5.41, 5.74) is 4.89. The molecule has 2 rings (SSSR count). The maximum absolute atomic E-state index is 3.60. The Bertz CT molecular complexity index is 432. The highest BCUT2D eigenvalue weighted by atomic mass is 14.9. The molecule has 1 nitrogen and oxygen atoms in total. The zero-order valence-corrected chi connectivity index (χ0v) is 12.7. The van der Waals surface area contributed by atoms with E-state index in [0.29, 0.717) is 5.41 Å². The molecule has 100 valence electrons. The number of rotatable bonds is 0. The number of hydrogen-bond donors (Lipinski definition) is 1. The van der Waals surface area contributed by atoms with Gasteiger partial charge in [0.1, 0.15) is 0 Å². The van der Waals surface area contributed by atoms with Crippen LogP contribution in [0.1, 0.15) is 52.7 Å². The molecule has 0 aromatic heterocycles. The Morgan fingerprint density at radius 2 is 1.72 bits per heavy atom. The minimum absolute atomic E-state index is 0.240. The third-order valence-corrected chi connectivity index (χ3v) is 4.20. The fourth-order valence-electron chi connectivity index (χ4n) is 2.58. The second kappa shape index (κ2) is 4.29. The topological polar surface area (TPSA) is 12.0 Å². The number of fused-ring (bicyclic) bond motifs is 1. The van der Waals surface area contributed by atoms with Crippen molar-refractivity contribution >= 4 is 5.69 Å². The minimum atomic E-state index is 0.240. The SMILES string of the molecule is CC(C)(C)c1ccc2c(c1)CC(C(C)(C)C)CN2. The van der Waals surface area contributed by atoms with Crippen LogP contribution in [0.25, 0.3) is 0 Å². The van der Waals surface area contributed by atoms with Crippen LogP contribution in [0.2, 0.25) is 0 Å². The van der Waals surface area contributed by atoms with Crippen LogP contribution in [0.3, 0.4) is 0 Å². The molecule has 1 aliphatic heterocycles. The summed E-state index contributed by atoms with van der Waals surface area (Å²) >= 11 is 0. The maximum Gasteiger partial charge on any atom is 0.0373 e. The van der Waals surface area contributed by atoms with E-state index in [2.05, 4.69) is 65.1 Å². The van der Waals surface area contributed by atoms with E-state index in [9.17, 15) is 0 Å². The Kier molecular flexibility index (Phi) is 3.21. The maximum atomic E-state index is 3.60. The van der Waals surface area contributed by atoms with Gasteiger partial charge in [0, 0.05) is 12.2 Å². The average Bonchev–Trinajstić information content (AvgIpc) is 2.25. The van der Waals surface area contributed by atoms with Crippen LogP contribution in [-0.4, -0.2) is 6.54 Å². The number of benzene rings is 1. The molecular formula is C17H27N. The van der Waals surface area contributed by atoms with Crippen LogP contribution < -0.4 is 5.32 Å². The van der Waals surface area contributed by atoms with E-state index >= 15 is 0 Å². The van der Waals surface area contributed by atoms with Gasteiger partial charge in [-0.05, 0) is 40.4 Å². The van der Waals surface area contributed by atoms with E-state index in [0.717, 1.165) is 12.5 Å². The summed E-state index contributed by atoms with van der Waals surface area (Å²) < 4.78 is 0. The van der Waals surface area contributed by atoms with Crippen molar-refractivity contribution in [2.75, 3.05) is 11.9 Å². The molecule has 1 aromatic rings. The van der Waals surface area contributed by atoms with E-state index < -0.39 is 0 Å². The van der Waals surface area contributed by atoms with Crippen molar-refractivity contribution in [1.82, 2.24) is 0 Å². The first-order valence-corrected chi connectivity index (χ1v) is 7.05. The molecule has 1 aromatic carbocycles. The second-order valence-corrected chi connectivity index (χ2v) is 7.77. The zero-order chi connectivity index (χ0) is 13.6. The summed E-state index contributed by atoms with van der Waals surface area (Å²) in [6.45, 7) is 15.0. The van der Waals surface area contributed by atoms with Gasteiger partial charge in [-0.3, -0.25) is 0 Å². The number of anilines is 1. The molecule has 18 heavy (non-hydrogen) atoms. The lowest BCUT2D eigenvalue weighted by atomic mass is 9.74. The van der Waals surface area contributed by atoms with Gasteiger partial charge in [-0.25, -0.2) is 0 Å². The summed E-state index contributed by atoms with van der Waals surface area (Å²) in [5.74, 6) is 0.722. The first-order valence-electron chi connectivity index (χ1n) is 7.05. The minimum Gasteiger partial charge on any atom is -0.385 e. The Morgan fingerprint density at radius 1 is 1.06 bits per heavy atom. The molecule has 1 heteroatoms. The first kappa shape index (κ1) is 13.5. The molecule has 0 saturated heterocycles. The van der Waals surface area contributed by atoms with Crippen molar-refractivity contribution in [3.8, 4) is 0 Å². The van der Waals surface area contributed by atoms with Gasteiger partial charge >= 0.3 is 0 Å². The third-order valence-electron chi connectivity index (χ3n) is 4.20. The molecule has 0 saturated carbocycles. The van der Waals surface area contributed by atoms with Gasteiger partial charge in [-0.2, -0.15) is 0 Å². The van der Waals surface area contributed by atoms with Gasteiger partial charge in [0.05, 0.1) is 0 Å². The molecule has 0 aliphatic carbocycles. The molecule has 1 N–H and O–H groups in total. The number of hydrogen-bond acceptors (Lipinski definition) is 1. The van der Waals surface area contributed by atoms with Crippen LogP contribution in [0.5, 0.6) is 0 Å². The monoisotopic (exact) mass is 245 g/mol. The first-order chi connectivity index (χ1) is 8.18. The molecular weight excluding hydrogens is 218 g/mol. The van der Waals surface area contributed by atoms with Crippen LogP contribution in [-0.2, 0) is 11.8 Å². The van der Waals surface area contributed by atoms with Crippen molar-refractivity contribution in [2.24, 2.45) is 11.3 Å². The predicted octanol–water partition coefficient (Wildman–Crippen LogP) is 4.61. The smallest absolute Gasteiger partial charge is 0.0373 e. The highest BCUT2D eigenvalue weighted by molar-refractivity contribution is 5.55. The highest BCUT2D eigenvalue weighted by Gasteiger charge is 2.29. The van der Waals surface area contributed by atoms with E-state index in [1.165, 1.54) is 23.2 Å². The summed E-state index contributed by atoms with van der Waals surface area (Å²) in [6.07, 6.45) is 1.20. The van der Waals surface area contributed by atoms with Crippen molar-refractivity contribution in [1.29, 1.82) is 0 Å². The standard InChI is InChI=1S/C17H27N/c1-16(2,3)13-7-8-15-12(9-13)10-14(11-18-15)17(4,5)6/h7-9,14,18H,10-11H2,1-6H3. The zero-order valence-electron chi connectivity index (χ0n) is 12.7. The van der Waals surface area contributed by atoms with Gasteiger partial charge < -0.3 is 5.32 Å². The lowest BCUT2D eigenvalue weighted by Crippen LogP contribution is -2.33. The predicted molar refractivity (Wildman–Crippen MR) is 80.3 cm³/mol. The van der Waals surface area contributed by atoms with E-state index in [1.54, 1.807) is 0 Å². The summed E-state index contributed by atoms with van der Waals surface area (Å²) in [7, 11) is 0. The molecule has 0 bridgehead atoms. The molecule has 1 aliphatic rings. The Morgan fingerprint density at radius 3 is 2.28 bits per heavy atom. The summed E-state index contributed by atoms with van der Waals surface area (Å²) in [5, 5.41) is 3.60. The van der Waals surface area contributed by atoms with E-state index in [-0.39, 0.29) is 5.41 Å². The lowest BCUT2D eigenvalue weighted by Gasteiger charge is -2.36. The van der Waals surface area contributed by atoms with Gasteiger partial charge in [0.2, 0.25) is 0 Å². The molecule has 0 spiro atoms. The van der Waals surface area contributed by atoms with Crippen LogP contribution in [0.15, 0.2) is 18.2 Å². The second-order valence-electron chi connectivity index (χ2n) is 7.77. The van der Waals surface area contributed by atoms with Crippen LogP contribution in [0.4, 0.5) is 5.69 Å². The van der Waals surface area contributed by atoms with Gasteiger partial charge in [0.25, 0.3) is 0 Å². The number of nitrogens with one attached hydrogen (secondary N) is 1. The average molecular weight is 245 g/mol. The fourth-order valence-corrected chi connectivity index (χ4v) is 2.58. The summed E-state index contributed by atoms with van der Waals surface area (Å²) in [6, 6.07) is 6.93. The van der Waals surface area contributed by atoms with Crippen LogP contribution in [0, 0.1) is 11.3 Å². The van der Waals surface area contributed by atoms with E-state index in [4.69, 9.17) is 0 Å². The molecule has 0 amide bonds. The molecule has 1 unspecified atom stereocenters. The van der Waals surface area contributed by atoms with Crippen molar-refractivity contribution in [3.63, 3.8) is 0 Å². The van der Waals surface area contributed by atoms with Gasteiger partial charge in [0.15, 0.2) is 0 Å². The Labute approximate surface area is 112 Å². The molecule has 0 fully saturated rings. The largest absolute Gasteiger partial charge is 0.385 e. The lowest BCUT2D eigenvalue weighted by molar-refractivity contribution is 0.247. The highest BCUT2D eigenvalue weighted by Crippen LogP contribution is 2.36. The third kappa shape index (κ3) is 2.71. The fraction of sp³-hybridized carbons (Fsp3) is 0.647. The van der Waals surface area contributed by atoms with Crippen molar-refractivity contribution in [2.45, 2.75) is 53.4 Å².